The van der Waals surface area contributed by atoms with E-state index in [4.69, 9.17) is 13.9 Å². The lowest BCUT2D eigenvalue weighted by atomic mass is 9.83. The van der Waals surface area contributed by atoms with E-state index in [1.807, 2.05) is 6.07 Å². The van der Waals surface area contributed by atoms with E-state index in [-0.39, 0.29) is 45.7 Å². The Balaban J connectivity index is 1.79. The molecule has 0 aliphatic heterocycles. The summed E-state index contributed by atoms with van der Waals surface area (Å²) in [7, 11) is 1.50. The lowest BCUT2D eigenvalue weighted by Crippen LogP contribution is -2.18. The lowest BCUT2D eigenvalue weighted by Gasteiger charge is -2.20. The first kappa shape index (κ1) is 18.4. The molecule has 0 N–H and O–H groups in total. The van der Waals surface area contributed by atoms with E-state index in [9.17, 15) is 14.4 Å². The zero-order chi connectivity index (χ0) is 21.6. The van der Waals surface area contributed by atoms with Crippen LogP contribution < -0.4 is 14.9 Å². The summed E-state index contributed by atoms with van der Waals surface area (Å²) in [4.78, 5) is 38.4. The van der Waals surface area contributed by atoms with Crippen LogP contribution in [0.3, 0.4) is 0 Å². The Labute approximate surface area is 177 Å². The molecule has 0 spiro atoms. The molecule has 0 unspecified atom stereocenters. The molecule has 0 amide bonds. The van der Waals surface area contributed by atoms with Gasteiger partial charge in [0.2, 0.25) is 0 Å². The fourth-order valence-electron chi connectivity index (χ4n) is 5.97. The van der Waals surface area contributed by atoms with Gasteiger partial charge in [0, 0.05) is 24.8 Å². The Kier molecular flexibility index (Phi) is 3.59. The highest BCUT2D eigenvalue weighted by Crippen LogP contribution is 2.60. The quantitative estimate of drug-likeness (QED) is 0.268. The van der Waals surface area contributed by atoms with Crippen molar-refractivity contribution < 1.29 is 23.5 Å². The molecule has 0 radical (unpaired) electrons. The van der Waals surface area contributed by atoms with E-state index in [0.717, 1.165) is 12.0 Å². The molecule has 31 heavy (non-hydrogen) atoms. The van der Waals surface area contributed by atoms with Gasteiger partial charge in [0.05, 0.1) is 18.1 Å². The smallest absolute Gasteiger partial charge is 0.308 e. The summed E-state index contributed by atoms with van der Waals surface area (Å²) in [6.45, 7) is 2.99. The number of rotatable bonds is 2. The maximum Gasteiger partial charge on any atom is 0.308 e. The Morgan fingerprint density at radius 3 is 2.52 bits per heavy atom. The van der Waals surface area contributed by atoms with E-state index in [1.165, 1.54) is 20.1 Å². The molecule has 6 heteroatoms. The number of Topliss-reactive ketones (excluding diaryl/α,β-unsaturated/α-hetero) is 1. The van der Waals surface area contributed by atoms with Gasteiger partial charge in [-0.15, -0.1) is 0 Å². The average Bonchev–Trinajstić information content (AvgIpc) is 3.39. The largest absolute Gasteiger partial charge is 0.496 e. The monoisotopic (exact) mass is 416 g/mol. The second-order valence-corrected chi connectivity index (χ2v) is 8.73. The molecule has 3 aromatic rings. The van der Waals surface area contributed by atoms with Gasteiger partial charge >= 0.3 is 5.97 Å². The van der Waals surface area contributed by atoms with Gasteiger partial charge in [0.15, 0.2) is 22.5 Å². The minimum atomic E-state index is -0.528. The molecule has 2 bridgehead atoms. The molecule has 3 aliphatic carbocycles. The first-order valence-corrected chi connectivity index (χ1v) is 10.4. The third-order valence-corrected chi connectivity index (χ3v) is 7.01. The summed E-state index contributed by atoms with van der Waals surface area (Å²) in [5.74, 6) is 0.972. The maximum atomic E-state index is 13.6. The molecule has 1 heterocycles. The van der Waals surface area contributed by atoms with E-state index in [2.05, 4.69) is 12.2 Å². The molecule has 1 fully saturated rings. The molecule has 156 valence electrons. The van der Waals surface area contributed by atoms with Crippen LogP contribution in [0.15, 0.2) is 39.6 Å². The normalized spacial score (nSPS) is 25.3. The summed E-state index contributed by atoms with van der Waals surface area (Å²) in [6.07, 6.45) is 5.32. The Bertz CT molecular complexity index is 1430. The molecule has 1 aromatic heterocycles. The zero-order valence-corrected chi connectivity index (χ0v) is 17.4. The molecule has 2 aromatic carbocycles. The van der Waals surface area contributed by atoms with Gasteiger partial charge in [-0.3, -0.25) is 14.4 Å². The van der Waals surface area contributed by atoms with Crippen molar-refractivity contribution in [3.8, 4) is 11.5 Å². The summed E-state index contributed by atoms with van der Waals surface area (Å²) in [5.41, 5.74) is 1.38. The van der Waals surface area contributed by atoms with Crippen molar-refractivity contribution in [1.29, 1.82) is 0 Å². The fourth-order valence-corrected chi connectivity index (χ4v) is 5.97. The number of hydrogen-bond acceptors (Lipinski definition) is 6. The van der Waals surface area contributed by atoms with Crippen molar-refractivity contribution in [2.24, 2.45) is 17.8 Å². The molecule has 6 nitrogen and oxygen atoms in total. The second kappa shape index (κ2) is 6.06. The zero-order valence-electron chi connectivity index (χ0n) is 17.4. The highest BCUT2D eigenvalue weighted by atomic mass is 16.5. The Morgan fingerprint density at radius 1 is 1.06 bits per heavy atom. The number of ketones is 1. The van der Waals surface area contributed by atoms with Crippen LogP contribution in [0.5, 0.6) is 11.5 Å². The van der Waals surface area contributed by atoms with Gasteiger partial charge in [-0.25, -0.2) is 0 Å². The summed E-state index contributed by atoms with van der Waals surface area (Å²) < 4.78 is 17.2. The number of hydrogen-bond donors (Lipinski definition) is 0. The predicted octanol–water partition coefficient (Wildman–Crippen LogP) is 4.29. The molecule has 1 saturated carbocycles. The average molecular weight is 416 g/mol. The number of aryl methyl sites for hydroxylation is 1. The lowest BCUT2D eigenvalue weighted by molar-refractivity contribution is -0.131. The van der Waals surface area contributed by atoms with Crippen molar-refractivity contribution >= 4 is 33.5 Å². The number of benzene rings is 2. The minimum Gasteiger partial charge on any atom is -0.496 e. The number of carbonyl (C=O) groups excluding carboxylic acids is 2. The molecular formula is C25H20O6. The van der Waals surface area contributed by atoms with Gasteiger partial charge < -0.3 is 13.9 Å². The highest BCUT2D eigenvalue weighted by molar-refractivity contribution is 6.18. The van der Waals surface area contributed by atoms with Crippen LogP contribution in [-0.2, 0) is 4.79 Å². The van der Waals surface area contributed by atoms with Crippen molar-refractivity contribution in [2.45, 2.75) is 26.2 Å². The van der Waals surface area contributed by atoms with E-state index >= 15 is 0 Å². The van der Waals surface area contributed by atoms with Gasteiger partial charge in [-0.1, -0.05) is 12.2 Å². The Morgan fingerprint density at radius 2 is 1.81 bits per heavy atom. The third-order valence-electron chi connectivity index (χ3n) is 7.01. The first-order chi connectivity index (χ1) is 14.9. The highest BCUT2D eigenvalue weighted by Gasteiger charge is 2.55. The molecule has 0 saturated heterocycles. The van der Waals surface area contributed by atoms with Crippen LogP contribution in [-0.4, -0.2) is 18.9 Å². The van der Waals surface area contributed by atoms with Crippen LogP contribution in [0.2, 0.25) is 0 Å². The molecule has 3 aliphatic rings. The number of ether oxygens (including phenoxy) is 2. The van der Waals surface area contributed by atoms with Crippen LogP contribution in [0.25, 0.3) is 21.7 Å². The minimum absolute atomic E-state index is 0.00830. The fraction of sp³-hybridized carbons (Fsp3) is 0.320. The number of allylic oxidation sites excluding steroid dienone is 2. The van der Waals surface area contributed by atoms with Gasteiger partial charge in [-0.2, -0.15) is 0 Å². The predicted molar refractivity (Wildman–Crippen MR) is 114 cm³/mol. The van der Waals surface area contributed by atoms with Crippen LogP contribution in [0.4, 0.5) is 0 Å². The van der Waals surface area contributed by atoms with Crippen LogP contribution >= 0.6 is 0 Å². The maximum absolute atomic E-state index is 13.6. The van der Waals surface area contributed by atoms with Crippen molar-refractivity contribution in [3.63, 3.8) is 0 Å². The standard InChI is InChI=1S/C25H20O6/c1-10-6-16(27)22-17(29-3)9-14-8-15-18-12-4-5-13(7-12)19(18)23(28)21(15)24(31-11(2)26)20(14)25(22)30-10/h4-6,8-9,12-13,18-19H,7H2,1-3H3/t12-,13+,18+,19+/m1/s1. The SMILES string of the molecule is COc1cc2cc3c(c(OC(C)=O)c2c2oc(C)cc(=O)c12)C(=O)[C@@H]1[C@H]3[C@@H]2C=C[C@H]1C2. The van der Waals surface area contributed by atoms with Crippen molar-refractivity contribution in [1.82, 2.24) is 0 Å². The summed E-state index contributed by atoms with van der Waals surface area (Å²) in [5, 5.41) is 1.44. The number of fused-ring (bicyclic) bond motifs is 10. The van der Waals surface area contributed by atoms with Crippen LogP contribution in [0.1, 0.15) is 40.9 Å². The first-order valence-electron chi connectivity index (χ1n) is 10.4. The Hall–Kier alpha value is -3.41. The van der Waals surface area contributed by atoms with Gasteiger partial charge in [0.1, 0.15) is 16.9 Å². The third kappa shape index (κ3) is 2.30. The van der Waals surface area contributed by atoms with Crippen molar-refractivity contribution in [2.75, 3.05) is 7.11 Å². The number of carbonyl (C=O) groups is 2. The van der Waals surface area contributed by atoms with E-state index < -0.39 is 5.97 Å². The van der Waals surface area contributed by atoms with E-state index in [1.54, 1.807) is 13.0 Å². The van der Waals surface area contributed by atoms with Gasteiger partial charge in [0.25, 0.3) is 0 Å². The second-order valence-electron chi connectivity index (χ2n) is 8.73. The summed E-state index contributed by atoms with van der Waals surface area (Å²) >= 11 is 0. The van der Waals surface area contributed by atoms with Crippen molar-refractivity contribution in [3.05, 3.63) is 57.5 Å². The number of esters is 1. The topological polar surface area (TPSA) is 82.8 Å². The molecule has 6 rings (SSSR count). The number of methoxy groups -OCH3 is 1. The van der Waals surface area contributed by atoms with E-state index in [0.29, 0.717) is 33.8 Å². The van der Waals surface area contributed by atoms with Crippen LogP contribution in [0, 0.1) is 24.7 Å². The van der Waals surface area contributed by atoms with Gasteiger partial charge in [-0.05, 0) is 48.3 Å². The summed E-state index contributed by atoms with van der Waals surface area (Å²) in [6, 6.07) is 5.14. The molecule has 4 atom stereocenters. The molecular weight excluding hydrogens is 396 g/mol.